The van der Waals surface area contributed by atoms with Crippen molar-refractivity contribution in [3.8, 4) is 0 Å². The molecule has 1 amide bonds. The van der Waals surface area contributed by atoms with Gasteiger partial charge in [-0.25, -0.2) is 9.18 Å². The summed E-state index contributed by atoms with van der Waals surface area (Å²) in [5.41, 5.74) is -0.118. The number of amides is 1. The number of carboxylic acids is 1. The van der Waals surface area contributed by atoms with Crippen LogP contribution in [0.2, 0.25) is 5.02 Å². The number of likely N-dealkylation sites (N-methyl/N-ethyl adjacent to an activating group) is 1. The second-order valence-corrected chi connectivity index (χ2v) is 4.15. The summed E-state index contributed by atoms with van der Waals surface area (Å²) in [6, 6.07) is 2.26. The normalized spacial score (nSPS) is 12.0. The highest BCUT2D eigenvalue weighted by molar-refractivity contribution is 6.30. The van der Waals surface area contributed by atoms with E-state index in [4.69, 9.17) is 11.6 Å². The van der Waals surface area contributed by atoms with Gasteiger partial charge in [0, 0.05) is 24.1 Å². The van der Waals surface area contributed by atoms with E-state index in [1.54, 1.807) is 6.92 Å². The summed E-state index contributed by atoms with van der Waals surface area (Å²) in [5, 5.41) is 9.41. The first-order chi connectivity index (χ1) is 8.38. The van der Waals surface area contributed by atoms with Crippen molar-refractivity contribution in [3.63, 3.8) is 0 Å². The van der Waals surface area contributed by atoms with E-state index in [1.165, 1.54) is 19.1 Å². The second kappa shape index (κ2) is 5.82. The predicted octanol–water partition coefficient (Wildman–Crippen LogP) is 2.47. The van der Waals surface area contributed by atoms with Crippen LogP contribution < -0.4 is 0 Å². The van der Waals surface area contributed by atoms with E-state index in [2.05, 4.69) is 0 Å². The lowest BCUT2D eigenvalue weighted by molar-refractivity contribution is -0.149. The molecule has 1 N–H and O–H groups in total. The van der Waals surface area contributed by atoms with Crippen molar-refractivity contribution in [2.75, 3.05) is 6.54 Å². The summed E-state index contributed by atoms with van der Waals surface area (Å²) in [6.45, 7) is 3.03. The molecule has 0 spiro atoms. The number of rotatable bonds is 4. The van der Waals surface area contributed by atoms with Crippen LogP contribution in [-0.2, 0) is 9.59 Å². The fourth-order valence-electron chi connectivity index (χ4n) is 1.75. The van der Waals surface area contributed by atoms with Gasteiger partial charge in [0.05, 0.1) is 0 Å². The smallest absolute Gasteiger partial charge is 0.331 e. The monoisotopic (exact) mass is 273 g/mol. The Morgan fingerprint density at radius 1 is 1.50 bits per heavy atom. The van der Waals surface area contributed by atoms with Gasteiger partial charge in [0.15, 0.2) is 6.04 Å². The van der Waals surface area contributed by atoms with Gasteiger partial charge in [-0.2, -0.15) is 0 Å². The Morgan fingerprint density at radius 3 is 2.56 bits per heavy atom. The van der Waals surface area contributed by atoms with Crippen molar-refractivity contribution >= 4 is 23.5 Å². The molecule has 0 bridgehead atoms. The number of carbonyl (C=O) groups is 2. The molecule has 1 aromatic carbocycles. The SMILES string of the molecule is CCN(C(C)=O)C(C(=O)O)c1cc(Cl)ccc1F. The van der Waals surface area contributed by atoms with Gasteiger partial charge < -0.3 is 10.0 Å². The minimum atomic E-state index is -1.37. The number of hydrogen-bond donors (Lipinski definition) is 1. The summed E-state index contributed by atoms with van der Waals surface area (Å²) in [5.74, 6) is -2.44. The average Bonchev–Trinajstić information content (AvgIpc) is 2.28. The summed E-state index contributed by atoms with van der Waals surface area (Å²) in [4.78, 5) is 23.7. The van der Waals surface area contributed by atoms with Gasteiger partial charge in [0.1, 0.15) is 5.82 Å². The molecule has 0 fully saturated rings. The molecule has 1 rings (SSSR count). The molecule has 1 unspecified atom stereocenters. The topological polar surface area (TPSA) is 57.6 Å². The van der Waals surface area contributed by atoms with Crippen molar-refractivity contribution in [1.82, 2.24) is 4.90 Å². The maximum atomic E-state index is 13.7. The molecule has 18 heavy (non-hydrogen) atoms. The summed E-state index contributed by atoms with van der Waals surface area (Å²) in [7, 11) is 0. The molecule has 0 aliphatic carbocycles. The molecule has 98 valence electrons. The molecule has 1 atom stereocenters. The first-order valence-corrected chi connectivity index (χ1v) is 5.71. The maximum absolute atomic E-state index is 13.7. The van der Waals surface area contributed by atoms with Crippen LogP contribution in [0, 0.1) is 5.82 Å². The molecule has 0 saturated carbocycles. The first kappa shape index (κ1) is 14.4. The maximum Gasteiger partial charge on any atom is 0.331 e. The van der Waals surface area contributed by atoms with Crippen molar-refractivity contribution in [3.05, 3.63) is 34.6 Å². The van der Waals surface area contributed by atoms with Crippen molar-refractivity contribution < 1.29 is 19.1 Å². The van der Waals surface area contributed by atoms with Gasteiger partial charge in [-0.05, 0) is 25.1 Å². The Morgan fingerprint density at radius 2 is 2.11 bits per heavy atom. The van der Waals surface area contributed by atoms with E-state index in [-0.39, 0.29) is 17.1 Å². The highest BCUT2D eigenvalue weighted by atomic mass is 35.5. The van der Waals surface area contributed by atoms with Crippen molar-refractivity contribution in [1.29, 1.82) is 0 Å². The number of carbonyl (C=O) groups excluding carboxylic acids is 1. The van der Waals surface area contributed by atoms with Crippen LogP contribution >= 0.6 is 11.6 Å². The highest BCUT2D eigenvalue weighted by Crippen LogP contribution is 2.26. The fourth-order valence-corrected chi connectivity index (χ4v) is 1.93. The number of aliphatic carboxylic acids is 1. The number of benzene rings is 1. The number of halogens is 2. The minimum Gasteiger partial charge on any atom is -0.479 e. The molecular weight excluding hydrogens is 261 g/mol. The first-order valence-electron chi connectivity index (χ1n) is 5.33. The third-order valence-electron chi connectivity index (χ3n) is 2.54. The number of nitrogens with zero attached hydrogens (tertiary/aromatic N) is 1. The van der Waals surface area contributed by atoms with E-state index < -0.39 is 23.7 Å². The van der Waals surface area contributed by atoms with Crippen LogP contribution in [0.3, 0.4) is 0 Å². The molecule has 1 aromatic rings. The Hall–Kier alpha value is -1.62. The van der Waals surface area contributed by atoms with E-state index in [9.17, 15) is 19.1 Å². The standard InChI is InChI=1S/C12H13ClFNO3/c1-3-15(7(2)16)11(12(17)18)9-6-8(13)4-5-10(9)14/h4-6,11H,3H2,1-2H3,(H,17,18). The number of carboxylic acid groups (broad SMARTS) is 1. The van der Waals surface area contributed by atoms with Crippen molar-refractivity contribution in [2.45, 2.75) is 19.9 Å². The molecule has 0 aromatic heterocycles. The second-order valence-electron chi connectivity index (χ2n) is 3.71. The van der Waals surface area contributed by atoms with Crippen LogP contribution in [0.1, 0.15) is 25.5 Å². The molecule has 4 nitrogen and oxygen atoms in total. The molecular formula is C12H13ClFNO3. The molecule has 0 aliphatic rings. The van der Waals surface area contributed by atoms with E-state index in [0.29, 0.717) is 0 Å². The Balaban J connectivity index is 3.31. The number of hydrogen-bond acceptors (Lipinski definition) is 2. The summed E-state index contributed by atoms with van der Waals surface area (Å²) < 4.78 is 13.7. The third kappa shape index (κ3) is 2.98. The van der Waals surface area contributed by atoms with Crippen LogP contribution in [0.15, 0.2) is 18.2 Å². The quantitative estimate of drug-likeness (QED) is 0.917. The molecule has 0 heterocycles. The van der Waals surface area contributed by atoms with Gasteiger partial charge in [-0.15, -0.1) is 0 Å². The zero-order valence-corrected chi connectivity index (χ0v) is 10.7. The molecule has 0 radical (unpaired) electrons. The van der Waals surface area contributed by atoms with Gasteiger partial charge in [-0.3, -0.25) is 4.79 Å². The zero-order valence-electron chi connectivity index (χ0n) is 9.98. The highest BCUT2D eigenvalue weighted by Gasteiger charge is 2.30. The van der Waals surface area contributed by atoms with E-state index >= 15 is 0 Å². The molecule has 6 heteroatoms. The lowest BCUT2D eigenvalue weighted by Crippen LogP contribution is -2.37. The van der Waals surface area contributed by atoms with Crippen LogP contribution in [0.25, 0.3) is 0 Å². The van der Waals surface area contributed by atoms with Gasteiger partial charge >= 0.3 is 5.97 Å². The van der Waals surface area contributed by atoms with Crippen LogP contribution in [0.5, 0.6) is 0 Å². The fraction of sp³-hybridized carbons (Fsp3) is 0.333. The van der Waals surface area contributed by atoms with Crippen LogP contribution in [-0.4, -0.2) is 28.4 Å². The Bertz CT molecular complexity index is 478. The lowest BCUT2D eigenvalue weighted by atomic mass is 10.0. The largest absolute Gasteiger partial charge is 0.479 e. The Kier molecular flexibility index (Phi) is 4.67. The van der Waals surface area contributed by atoms with Crippen LogP contribution in [0.4, 0.5) is 4.39 Å². The van der Waals surface area contributed by atoms with Gasteiger partial charge in [0.2, 0.25) is 5.91 Å². The molecule has 0 aliphatic heterocycles. The zero-order chi connectivity index (χ0) is 13.9. The van der Waals surface area contributed by atoms with Gasteiger partial charge in [-0.1, -0.05) is 11.6 Å². The van der Waals surface area contributed by atoms with Crippen molar-refractivity contribution in [2.24, 2.45) is 0 Å². The summed E-state index contributed by atoms with van der Waals surface area (Å²) >= 11 is 5.73. The molecule has 0 saturated heterocycles. The summed E-state index contributed by atoms with van der Waals surface area (Å²) in [6.07, 6.45) is 0. The predicted molar refractivity (Wildman–Crippen MR) is 64.8 cm³/mol. The average molecular weight is 274 g/mol. The lowest BCUT2D eigenvalue weighted by Gasteiger charge is -2.27. The van der Waals surface area contributed by atoms with E-state index in [0.717, 1.165) is 11.0 Å². The Labute approximate surface area is 109 Å². The van der Waals surface area contributed by atoms with Gasteiger partial charge in [0.25, 0.3) is 0 Å². The third-order valence-corrected chi connectivity index (χ3v) is 2.78. The minimum absolute atomic E-state index is 0.118. The van der Waals surface area contributed by atoms with E-state index in [1.807, 2.05) is 0 Å².